The van der Waals surface area contributed by atoms with E-state index >= 15 is 0 Å². The van der Waals surface area contributed by atoms with Crippen molar-refractivity contribution in [3.05, 3.63) is 22.2 Å². The Morgan fingerprint density at radius 2 is 1.25 bits per heavy atom. The van der Waals surface area contributed by atoms with Crippen molar-refractivity contribution in [2.75, 3.05) is 13.2 Å². The van der Waals surface area contributed by atoms with E-state index in [2.05, 4.69) is 0 Å². The average molecular weight is 263 g/mol. The van der Waals surface area contributed by atoms with E-state index in [1.54, 1.807) is 12.1 Å². The van der Waals surface area contributed by atoms with Crippen LogP contribution in [0.2, 0.25) is 10.0 Å². The van der Waals surface area contributed by atoms with E-state index < -0.39 is 0 Å². The van der Waals surface area contributed by atoms with E-state index in [0.29, 0.717) is 34.8 Å². The Morgan fingerprint density at radius 1 is 0.875 bits per heavy atom. The molecule has 1 rings (SSSR count). The van der Waals surface area contributed by atoms with Gasteiger partial charge in [-0.2, -0.15) is 0 Å². The Labute approximate surface area is 106 Å². The third kappa shape index (κ3) is 3.76. The van der Waals surface area contributed by atoms with E-state index in [1.165, 1.54) is 0 Å². The van der Waals surface area contributed by atoms with E-state index in [4.69, 9.17) is 32.7 Å². The molecule has 0 saturated heterocycles. The summed E-state index contributed by atoms with van der Waals surface area (Å²) in [6.45, 7) is 5.33. The molecule has 0 aliphatic heterocycles. The van der Waals surface area contributed by atoms with Crippen LogP contribution in [-0.2, 0) is 0 Å². The highest BCUT2D eigenvalue weighted by atomic mass is 35.5. The highest BCUT2D eigenvalue weighted by Crippen LogP contribution is 2.35. The summed E-state index contributed by atoms with van der Waals surface area (Å²) in [6.07, 6.45) is 1.87. The van der Waals surface area contributed by atoms with Crippen molar-refractivity contribution in [2.45, 2.75) is 26.7 Å². The van der Waals surface area contributed by atoms with Crippen molar-refractivity contribution in [2.24, 2.45) is 0 Å². The van der Waals surface area contributed by atoms with Crippen LogP contribution in [-0.4, -0.2) is 13.2 Å². The fourth-order valence-corrected chi connectivity index (χ4v) is 1.57. The maximum Gasteiger partial charge on any atom is 0.139 e. The van der Waals surface area contributed by atoms with E-state index in [1.807, 2.05) is 13.8 Å². The second kappa shape index (κ2) is 6.87. The van der Waals surface area contributed by atoms with Gasteiger partial charge in [-0.05, 0) is 12.8 Å². The molecule has 0 aromatic heterocycles. The largest absolute Gasteiger partial charge is 0.492 e. The summed E-state index contributed by atoms with van der Waals surface area (Å²) in [5, 5.41) is 1.06. The minimum Gasteiger partial charge on any atom is -0.492 e. The Bertz CT molecular complexity index is 306. The molecule has 90 valence electrons. The fraction of sp³-hybridized carbons (Fsp3) is 0.500. The minimum absolute atomic E-state index is 0.531. The SMILES string of the molecule is CCCOc1cc(Cl)c(OCCC)cc1Cl. The molecule has 0 N–H and O–H groups in total. The first-order valence-corrected chi connectivity index (χ1v) is 6.19. The van der Waals surface area contributed by atoms with Gasteiger partial charge in [-0.25, -0.2) is 0 Å². The molecule has 1 aromatic carbocycles. The van der Waals surface area contributed by atoms with Crippen molar-refractivity contribution >= 4 is 23.2 Å². The molecular formula is C12H16Cl2O2. The van der Waals surface area contributed by atoms with Gasteiger partial charge in [-0.1, -0.05) is 37.0 Å². The van der Waals surface area contributed by atoms with Crippen LogP contribution in [0.15, 0.2) is 12.1 Å². The molecule has 2 nitrogen and oxygen atoms in total. The molecule has 0 amide bonds. The van der Waals surface area contributed by atoms with Gasteiger partial charge in [0.1, 0.15) is 11.5 Å². The predicted molar refractivity (Wildman–Crippen MR) is 68.0 cm³/mol. The summed E-state index contributed by atoms with van der Waals surface area (Å²) in [7, 11) is 0. The molecule has 0 radical (unpaired) electrons. The first-order valence-electron chi connectivity index (χ1n) is 5.43. The zero-order valence-electron chi connectivity index (χ0n) is 9.56. The quantitative estimate of drug-likeness (QED) is 0.748. The number of benzene rings is 1. The second-order valence-corrected chi connectivity index (χ2v) is 4.22. The lowest BCUT2D eigenvalue weighted by Crippen LogP contribution is -1.98. The second-order valence-electron chi connectivity index (χ2n) is 3.41. The topological polar surface area (TPSA) is 18.5 Å². The Hall–Kier alpha value is -0.600. The summed E-state index contributed by atoms with van der Waals surface area (Å²) in [4.78, 5) is 0. The summed E-state index contributed by atoms with van der Waals surface area (Å²) < 4.78 is 10.9. The van der Waals surface area contributed by atoms with Crippen LogP contribution in [0.3, 0.4) is 0 Å². The first kappa shape index (κ1) is 13.5. The summed E-state index contributed by atoms with van der Waals surface area (Å²) in [5.74, 6) is 1.22. The van der Waals surface area contributed by atoms with Gasteiger partial charge in [0.2, 0.25) is 0 Å². The Kier molecular flexibility index (Phi) is 5.78. The normalized spacial score (nSPS) is 10.2. The number of rotatable bonds is 6. The van der Waals surface area contributed by atoms with Crippen LogP contribution >= 0.6 is 23.2 Å². The zero-order valence-corrected chi connectivity index (χ0v) is 11.1. The van der Waals surface area contributed by atoms with Crippen LogP contribution in [0.4, 0.5) is 0 Å². The Balaban J connectivity index is 2.79. The first-order chi connectivity index (χ1) is 7.69. The highest BCUT2D eigenvalue weighted by Gasteiger charge is 2.09. The van der Waals surface area contributed by atoms with E-state index in [0.717, 1.165) is 12.8 Å². The lowest BCUT2D eigenvalue weighted by Gasteiger charge is -2.11. The van der Waals surface area contributed by atoms with Crippen molar-refractivity contribution in [3.63, 3.8) is 0 Å². The Morgan fingerprint density at radius 3 is 1.56 bits per heavy atom. The average Bonchev–Trinajstić information content (AvgIpc) is 2.28. The van der Waals surface area contributed by atoms with Gasteiger partial charge >= 0.3 is 0 Å². The smallest absolute Gasteiger partial charge is 0.139 e. The van der Waals surface area contributed by atoms with Crippen molar-refractivity contribution in [1.82, 2.24) is 0 Å². The third-order valence-electron chi connectivity index (χ3n) is 1.91. The molecule has 0 heterocycles. The molecular weight excluding hydrogens is 247 g/mol. The van der Waals surface area contributed by atoms with Crippen molar-refractivity contribution in [1.29, 1.82) is 0 Å². The molecule has 0 spiro atoms. The number of hydrogen-bond donors (Lipinski definition) is 0. The molecule has 0 unspecified atom stereocenters. The highest BCUT2D eigenvalue weighted by molar-refractivity contribution is 6.35. The van der Waals surface area contributed by atoms with Gasteiger partial charge in [0.05, 0.1) is 23.3 Å². The zero-order chi connectivity index (χ0) is 12.0. The maximum absolute atomic E-state index is 6.05. The molecule has 0 bridgehead atoms. The van der Waals surface area contributed by atoms with Gasteiger partial charge in [-0.3, -0.25) is 0 Å². The van der Waals surface area contributed by atoms with Crippen molar-refractivity contribution < 1.29 is 9.47 Å². The molecule has 0 aliphatic rings. The molecule has 0 fully saturated rings. The van der Waals surface area contributed by atoms with Gasteiger partial charge in [0.25, 0.3) is 0 Å². The monoisotopic (exact) mass is 262 g/mol. The molecule has 16 heavy (non-hydrogen) atoms. The third-order valence-corrected chi connectivity index (χ3v) is 2.50. The molecule has 0 aliphatic carbocycles. The number of halogens is 2. The molecule has 1 aromatic rings. The van der Waals surface area contributed by atoms with E-state index in [9.17, 15) is 0 Å². The minimum atomic E-state index is 0.531. The van der Waals surface area contributed by atoms with Gasteiger partial charge in [0, 0.05) is 12.1 Å². The number of hydrogen-bond acceptors (Lipinski definition) is 2. The summed E-state index contributed by atoms with van der Waals surface area (Å²) in [6, 6.07) is 3.40. The predicted octanol–water partition coefficient (Wildman–Crippen LogP) is 4.57. The van der Waals surface area contributed by atoms with Crippen LogP contribution in [0.1, 0.15) is 26.7 Å². The van der Waals surface area contributed by atoms with Crippen LogP contribution in [0, 0.1) is 0 Å². The molecule has 4 heteroatoms. The van der Waals surface area contributed by atoms with Gasteiger partial charge in [0.15, 0.2) is 0 Å². The summed E-state index contributed by atoms with van der Waals surface area (Å²) in [5.41, 5.74) is 0. The fourth-order valence-electron chi connectivity index (χ4n) is 1.16. The summed E-state index contributed by atoms with van der Waals surface area (Å²) >= 11 is 12.1. The molecule has 0 saturated carbocycles. The van der Waals surface area contributed by atoms with Crippen LogP contribution in [0.5, 0.6) is 11.5 Å². The molecule has 0 atom stereocenters. The lowest BCUT2D eigenvalue weighted by atomic mass is 10.3. The standard InChI is InChI=1S/C12H16Cl2O2/c1-3-5-15-11-7-10(14)12(8-9(11)13)16-6-4-2/h7-8H,3-6H2,1-2H3. The van der Waals surface area contributed by atoms with Gasteiger partial charge < -0.3 is 9.47 Å². The van der Waals surface area contributed by atoms with Crippen LogP contribution in [0.25, 0.3) is 0 Å². The van der Waals surface area contributed by atoms with Crippen LogP contribution < -0.4 is 9.47 Å². The number of ether oxygens (including phenoxy) is 2. The van der Waals surface area contributed by atoms with Gasteiger partial charge in [-0.15, -0.1) is 0 Å². The van der Waals surface area contributed by atoms with Crippen molar-refractivity contribution in [3.8, 4) is 11.5 Å². The maximum atomic E-state index is 6.05. The van der Waals surface area contributed by atoms with E-state index in [-0.39, 0.29) is 0 Å². The lowest BCUT2D eigenvalue weighted by molar-refractivity contribution is 0.309.